The first-order chi connectivity index (χ1) is 10.0. The van der Waals surface area contributed by atoms with Gasteiger partial charge in [-0.15, -0.1) is 10.2 Å². The summed E-state index contributed by atoms with van der Waals surface area (Å²) in [6.07, 6.45) is 2.66. The fraction of sp³-hybridized carbons (Fsp3) is 0.615. The van der Waals surface area contributed by atoms with Gasteiger partial charge in [0.1, 0.15) is 5.82 Å². The van der Waals surface area contributed by atoms with Gasteiger partial charge in [-0.2, -0.15) is 0 Å². The van der Waals surface area contributed by atoms with Gasteiger partial charge in [0.2, 0.25) is 0 Å². The fourth-order valence-corrected chi connectivity index (χ4v) is 4.40. The third-order valence-corrected chi connectivity index (χ3v) is 5.63. The molecule has 0 saturated carbocycles. The van der Waals surface area contributed by atoms with Crippen LogP contribution in [0.1, 0.15) is 29.8 Å². The molecule has 0 spiro atoms. The van der Waals surface area contributed by atoms with E-state index in [9.17, 15) is 13.2 Å². The highest BCUT2D eigenvalue weighted by Gasteiger charge is 2.28. The average molecular weight is 310 g/mol. The third kappa shape index (κ3) is 3.31. The number of carbonyl (C=O) groups excluding carboxylic acids is 1. The van der Waals surface area contributed by atoms with Gasteiger partial charge in [0, 0.05) is 19.1 Å². The Labute approximate surface area is 123 Å². The van der Waals surface area contributed by atoms with Crippen LogP contribution >= 0.6 is 0 Å². The Balaban J connectivity index is 1.63. The van der Waals surface area contributed by atoms with Gasteiger partial charge in [-0.25, -0.2) is 8.42 Å². The molecule has 114 valence electrons. The monoisotopic (exact) mass is 310 g/mol. The van der Waals surface area contributed by atoms with E-state index < -0.39 is 9.84 Å². The molecule has 0 aromatic carbocycles. The summed E-state index contributed by atoms with van der Waals surface area (Å²) < 4.78 is 22.8. The van der Waals surface area contributed by atoms with Crippen molar-refractivity contribution in [1.29, 1.82) is 0 Å². The van der Waals surface area contributed by atoms with Crippen LogP contribution in [0.4, 0.5) is 5.82 Å². The Bertz CT molecular complexity index is 623. The summed E-state index contributed by atoms with van der Waals surface area (Å²) in [6, 6.07) is 3.20. The number of likely N-dealkylation sites (tertiary alicyclic amines) is 1. The van der Waals surface area contributed by atoms with Gasteiger partial charge in [0.25, 0.3) is 5.91 Å². The van der Waals surface area contributed by atoms with E-state index in [1.165, 1.54) is 0 Å². The smallest absolute Gasteiger partial charge is 0.274 e. The molecule has 8 heteroatoms. The second kappa shape index (κ2) is 5.59. The van der Waals surface area contributed by atoms with Gasteiger partial charge >= 0.3 is 0 Å². The van der Waals surface area contributed by atoms with Gasteiger partial charge < -0.3 is 10.2 Å². The summed E-state index contributed by atoms with van der Waals surface area (Å²) in [5.41, 5.74) is 0.335. The highest BCUT2D eigenvalue weighted by molar-refractivity contribution is 7.91. The van der Waals surface area contributed by atoms with E-state index in [2.05, 4.69) is 15.5 Å². The van der Waals surface area contributed by atoms with E-state index in [-0.39, 0.29) is 23.5 Å². The van der Waals surface area contributed by atoms with Crippen LogP contribution in [-0.4, -0.2) is 60.1 Å². The van der Waals surface area contributed by atoms with Crippen molar-refractivity contribution in [1.82, 2.24) is 15.1 Å². The number of nitrogens with zero attached hydrogens (tertiary/aromatic N) is 3. The molecule has 1 aromatic rings. The molecule has 3 rings (SSSR count). The lowest BCUT2D eigenvalue weighted by atomic mass is 10.2. The molecule has 2 aliphatic heterocycles. The number of hydrogen-bond acceptors (Lipinski definition) is 6. The maximum Gasteiger partial charge on any atom is 0.274 e. The zero-order valence-electron chi connectivity index (χ0n) is 11.7. The number of aromatic nitrogens is 2. The number of nitrogens with one attached hydrogen (secondary N) is 1. The number of sulfone groups is 1. The average Bonchev–Trinajstić information content (AvgIpc) is 3.09. The van der Waals surface area contributed by atoms with Crippen LogP contribution < -0.4 is 5.32 Å². The zero-order valence-corrected chi connectivity index (χ0v) is 12.5. The second-order valence-electron chi connectivity index (χ2n) is 5.55. The molecule has 1 unspecified atom stereocenters. The largest absolute Gasteiger partial charge is 0.365 e. The van der Waals surface area contributed by atoms with Gasteiger partial charge in [-0.1, -0.05) is 0 Å². The highest BCUT2D eigenvalue weighted by Crippen LogP contribution is 2.16. The quantitative estimate of drug-likeness (QED) is 0.864. The summed E-state index contributed by atoms with van der Waals surface area (Å²) >= 11 is 0. The van der Waals surface area contributed by atoms with E-state index in [4.69, 9.17) is 0 Å². The summed E-state index contributed by atoms with van der Waals surface area (Å²) in [4.78, 5) is 13.9. The fourth-order valence-electron chi connectivity index (χ4n) is 2.72. The number of amides is 1. The van der Waals surface area contributed by atoms with Gasteiger partial charge in [-0.3, -0.25) is 4.79 Å². The lowest BCUT2D eigenvalue weighted by Crippen LogP contribution is -2.28. The van der Waals surface area contributed by atoms with Crippen LogP contribution in [0, 0.1) is 0 Å². The van der Waals surface area contributed by atoms with Crippen molar-refractivity contribution in [3.63, 3.8) is 0 Å². The van der Waals surface area contributed by atoms with Gasteiger partial charge in [-0.05, 0) is 31.4 Å². The van der Waals surface area contributed by atoms with Crippen LogP contribution in [0.3, 0.4) is 0 Å². The lowest BCUT2D eigenvalue weighted by molar-refractivity contribution is 0.0786. The first kappa shape index (κ1) is 14.2. The number of hydrogen-bond donors (Lipinski definition) is 1. The van der Waals surface area contributed by atoms with E-state index >= 15 is 0 Å². The molecule has 0 aliphatic carbocycles. The van der Waals surface area contributed by atoms with Crippen LogP contribution in [0.2, 0.25) is 0 Å². The van der Waals surface area contributed by atoms with Crippen molar-refractivity contribution in [3.05, 3.63) is 17.8 Å². The number of anilines is 1. The van der Waals surface area contributed by atoms with Crippen LogP contribution in [0.15, 0.2) is 12.1 Å². The lowest BCUT2D eigenvalue weighted by Gasteiger charge is -2.15. The number of carbonyl (C=O) groups is 1. The Hall–Kier alpha value is -1.70. The number of rotatable bonds is 3. The molecule has 7 nitrogen and oxygen atoms in total. The molecular formula is C13H18N4O3S. The van der Waals surface area contributed by atoms with Crippen LogP contribution in [0.5, 0.6) is 0 Å². The molecule has 1 aromatic heterocycles. The van der Waals surface area contributed by atoms with Gasteiger partial charge in [0.05, 0.1) is 11.5 Å². The molecule has 0 radical (unpaired) electrons. The molecule has 21 heavy (non-hydrogen) atoms. The summed E-state index contributed by atoms with van der Waals surface area (Å²) in [5, 5.41) is 11.0. The topological polar surface area (TPSA) is 92.3 Å². The van der Waals surface area contributed by atoms with Crippen molar-refractivity contribution in [2.75, 3.05) is 29.9 Å². The minimum atomic E-state index is -2.92. The third-order valence-electron chi connectivity index (χ3n) is 3.86. The van der Waals surface area contributed by atoms with Gasteiger partial charge in [0.15, 0.2) is 15.5 Å². The molecule has 3 heterocycles. The minimum Gasteiger partial charge on any atom is -0.365 e. The maximum absolute atomic E-state index is 12.1. The summed E-state index contributed by atoms with van der Waals surface area (Å²) in [6.45, 7) is 1.56. The molecule has 1 amide bonds. The molecule has 1 atom stereocenters. The Morgan fingerprint density at radius 2 is 2.00 bits per heavy atom. The molecule has 2 saturated heterocycles. The first-order valence-electron chi connectivity index (χ1n) is 7.13. The van der Waals surface area contributed by atoms with Crippen molar-refractivity contribution in [2.45, 2.75) is 25.3 Å². The van der Waals surface area contributed by atoms with Crippen molar-refractivity contribution < 1.29 is 13.2 Å². The molecule has 1 N–H and O–H groups in total. The zero-order chi connectivity index (χ0) is 14.9. The maximum atomic E-state index is 12.1. The van der Waals surface area contributed by atoms with Crippen LogP contribution in [0.25, 0.3) is 0 Å². The standard InChI is InChI=1S/C13H18N4O3S/c18-13(17-6-1-2-7-17)11-3-4-12(16-15-11)14-10-5-8-21(19,20)9-10/h3-4,10H,1-2,5-9H2,(H,14,16). The van der Waals surface area contributed by atoms with Crippen molar-refractivity contribution in [3.8, 4) is 0 Å². The molecule has 0 bridgehead atoms. The SMILES string of the molecule is O=C(c1ccc(NC2CCS(=O)(=O)C2)nn1)N1CCCC1. The van der Waals surface area contributed by atoms with E-state index in [1.54, 1.807) is 17.0 Å². The predicted molar refractivity (Wildman–Crippen MR) is 77.9 cm³/mol. The van der Waals surface area contributed by atoms with Crippen molar-refractivity contribution in [2.24, 2.45) is 0 Å². The first-order valence-corrected chi connectivity index (χ1v) is 8.96. The summed E-state index contributed by atoms with van der Waals surface area (Å²) in [7, 11) is -2.92. The normalized spacial score (nSPS) is 24.2. The molecule has 2 aliphatic rings. The Kier molecular flexibility index (Phi) is 3.79. The second-order valence-corrected chi connectivity index (χ2v) is 7.78. The summed E-state index contributed by atoms with van der Waals surface area (Å²) in [5.74, 6) is 0.761. The Morgan fingerprint density at radius 3 is 2.57 bits per heavy atom. The molecular weight excluding hydrogens is 292 g/mol. The predicted octanol–water partition coefficient (Wildman–Crippen LogP) is 0.312. The van der Waals surface area contributed by atoms with E-state index in [0.717, 1.165) is 25.9 Å². The Morgan fingerprint density at radius 1 is 1.24 bits per heavy atom. The van der Waals surface area contributed by atoms with Crippen LogP contribution in [-0.2, 0) is 9.84 Å². The van der Waals surface area contributed by atoms with Crippen molar-refractivity contribution >= 4 is 21.6 Å². The van der Waals surface area contributed by atoms with E-state index in [0.29, 0.717) is 17.9 Å². The highest BCUT2D eigenvalue weighted by atomic mass is 32.2. The molecule has 2 fully saturated rings. The minimum absolute atomic E-state index is 0.0880. The van der Waals surface area contributed by atoms with E-state index in [1.807, 2.05) is 0 Å².